The Morgan fingerprint density at radius 3 is 2.75 bits per heavy atom. The van der Waals surface area contributed by atoms with Crippen molar-refractivity contribution in [2.75, 3.05) is 39.6 Å². The molecule has 0 spiro atoms. The Labute approximate surface area is 145 Å². The van der Waals surface area contributed by atoms with Crippen LogP contribution in [0.3, 0.4) is 0 Å². The van der Waals surface area contributed by atoms with Gasteiger partial charge in [-0.05, 0) is 30.8 Å². The monoisotopic (exact) mass is 348 g/mol. The lowest BCUT2D eigenvalue weighted by molar-refractivity contribution is -0.125. The first-order chi connectivity index (χ1) is 11.7. The van der Waals surface area contributed by atoms with Gasteiger partial charge in [-0.25, -0.2) is 0 Å². The molecule has 24 heavy (non-hydrogen) atoms. The fourth-order valence-corrected chi connectivity index (χ4v) is 3.41. The number of rotatable bonds is 5. The van der Waals surface area contributed by atoms with Crippen molar-refractivity contribution < 1.29 is 19.1 Å². The van der Waals surface area contributed by atoms with Crippen molar-refractivity contribution in [3.8, 4) is 5.75 Å². The van der Waals surface area contributed by atoms with Crippen LogP contribution >= 0.6 is 11.8 Å². The molecule has 2 aliphatic heterocycles. The normalized spacial score (nSPS) is 20.9. The van der Waals surface area contributed by atoms with Crippen molar-refractivity contribution in [1.82, 2.24) is 9.80 Å². The molecule has 0 unspecified atom stereocenters. The van der Waals surface area contributed by atoms with Crippen LogP contribution in [0.4, 0.5) is 4.79 Å². The number of amides is 2. The first-order valence-corrected chi connectivity index (χ1v) is 8.78. The first-order valence-electron chi connectivity index (χ1n) is 7.96. The molecule has 2 amide bonds. The molecule has 2 fully saturated rings. The number of carbonyl (C=O) groups excluding carboxylic acids is 2. The summed E-state index contributed by atoms with van der Waals surface area (Å²) in [5.74, 6) is 0.461. The van der Waals surface area contributed by atoms with E-state index in [1.54, 1.807) is 6.08 Å². The molecule has 6 nitrogen and oxygen atoms in total. The number of nitrogens with zero attached hydrogens (tertiary/aromatic N) is 2. The minimum Gasteiger partial charge on any atom is -0.493 e. The van der Waals surface area contributed by atoms with E-state index in [1.165, 1.54) is 4.90 Å². The minimum absolute atomic E-state index is 0.230. The van der Waals surface area contributed by atoms with Crippen LogP contribution in [-0.2, 0) is 9.53 Å². The fourth-order valence-electron chi connectivity index (χ4n) is 2.59. The lowest BCUT2D eigenvalue weighted by Gasteiger charge is -2.29. The van der Waals surface area contributed by atoms with Crippen LogP contribution in [0.2, 0.25) is 0 Å². The third-order valence-corrected chi connectivity index (χ3v) is 4.73. The summed E-state index contributed by atoms with van der Waals surface area (Å²) < 4.78 is 10.9. The summed E-state index contributed by atoms with van der Waals surface area (Å²) in [5.41, 5.74) is 0.802. The molecular formula is C17H20N2O4S. The molecule has 0 saturated carbocycles. The van der Waals surface area contributed by atoms with Crippen LogP contribution in [0.5, 0.6) is 5.75 Å². The molecule has 2 heterocycles. The van der Waals surface area contributed by atoms with E-state index >= 15 is 0 Å². The number of carbonyl (C=O) groups is 2. The van der Waals surface area contributed by atoms with Gasteiger partial charge in [-0.1, -0.05) is 18.2 Å². The number of para-hydroxylation sites is 1. The highest BCUT2D eigenvalue weighted by molar-refractivity contribution is 8.18. The van der Waals surface area contributed by atoms with Crippen molar-refractivity contribution in [3.05, 3.63) is 34.7 Å². The zero-order valence-corrected chi connectivity index (χ0v) is 14.4. The minimum atomic E-state index is -0.247. The van der Waals surface area contributed by atoms with Gasteiger partial charge >= 0.3 is 0 Å². The lowest BCUT2D eigenvalue weighted by Crippen LogP contribution is -2.45. The average Bonchev–Trinajstić information content (AvgIpc) is 2.85. The maximum atomic E-state index is 12.6. The predicted octanol–water partition coefficient (Wildman–Crippen LogP) is 2.41. The van der Waals surface area contributed by atoms with Crippen LogP contribution in [0.1, 0.15) is 12.5 Å². The number of imide groups is 1. The molecule has 0 bridgehead atoms. The summed E-state index contributed by atoms with van der Waals surface area (Å²) in [6.07, 6.45) is 1.73. The van der Waals surface area contributed by atoms with E-state index in [0.29, 0.717) is 37.1 Å². The molecule has 2 aliphatic rings. The van der Waals surface area contributed by atoms with Gasteiger partial charge < -0.3 is 9.47 Å². The van der Waals surface area contributed by atoms with Crippen molar-refractivity contribution >= 4 is 29.0 Å². The second-order valence-electron chi connectivity index (χ2n) is 5.45. The Bertz CT molecular complexity index is 656. The van der Waals surface area contributed by atoms with Crippen LogP contribution in [0, 0.1) is 0 Å². The molecule has 0 radical (unpaired) electrons. The number of benzene rings is 1. The van der Waals surface area contributed by atoms with Crippen LogP contribution in [0.25, 0.3) is 6.08 Å². The van der Waals surface area contributed by atoms with Gasteiger partial charge in [0, 0.05) is 18.7 Å². The molecule has 2 saturated heterocycles. The van der Waals surface area contributed by atoms with Gasteiger partial charge in [0.05, 0.1) is 31.4 Å². The summed E-state index contributed by atoms with van der Waals surface area (Å²) in [7, 11) is 0. The van der Waals surface area contributed by atoms with Gasteiger partial charge in [0.15, 0.2) is 0 Å². The van der Waals surface area contributed by atoms with Gasteiger partial charge in [0.2, 0.25) is 0 Å². The van der Waals surface area contributed by atoms with Gasteiger partial charge in [0.1, 0.15) is 5.75 Å². The van der Waals surface area contributed by atoms with Gasteiger partial charge in [-0.2, -0.15) is 0 Å². The maximum absolute atomic E-state index is 12.6. The number of morpholine rings is 1. The van der Waals surface area contributed by atoms with Gasteiger partial charge in [-0.3, -0.25) is 19.4 Å². The van der Waals surface area contributed by atoms with Gasteiger partial charge in [0.25, 0.3) is 11.1 Å². The number of hydrogen-bond donors (Lipinski definition) is 0. The standard InChI is InChI=1S/C17H20N2O4S/c1-2-23-14-6-4-3-5-13(14)11-15-16(20)19(17(21)24-15)12-18-7-9-22-10-8-18/h3-6,11H,2,7-10,12H2,1H3/b15-11-. The average molecular weight is 348 g/mol. The van der Waals surface area contributed by atoms with E-state index in [1.807, 2.05) is 31.2 Å². The van der Waals surface area contributed by atoms with E-state index in [9.17, 15) is 9.59 Å². The van der Waals surface area contributed by atoms with Gasteiger partial charge in [-0.15, -0.1) is 0 Å². The largest absolute Gasteiger partial charge is 0.493 e. The Balaban J connectivity index is 1.75. The Hall–Kier alpha value is -1.83. The number of ether oxygens (including phenoxy) is 2. The number of hydrogen-bond acceptors (Lipinski definition) is 6. The molecular weight excluding hydrogens is 328 g/mol. The SMILES string of the molecule is CCOc1ccccc1/C=C1\SC(=O)N(CN2CCOCC2)C1=O. The van der Waals surface area contributed by atoms with Crippen molar-refractivity contribution in [2.24, 2.45) is 0 Å². The van der Waals surface area contributed by atoms with Crippen LogP contribution < -0.4 is 4.74 Å². The number of thioether (sulfide) groups is 1. The van der Waals surface area contributed by atoms with E-state index in [4.69, 9.17) is 9.47 Å². The topological polar surface area (TPSA) is 59.1 Å². The zero-order valence-electron chi connectivity index (χ0n) is 13.6. The van der Waals surface area contributed by atoms with E-state index < -0.39 is 0 Å². The molecule has 7 heteroatoms. The Morgan fingerprint density at radius 1 is 1.25 bits per heavy atom. The lowest BCUT2D eigenvalue weighted by atomic mass is 10.2. The maximum Gasteiger partial charge on any atom is 0.294 e. The fraction of sp³-hybridized carbons (Fsp3) is 0.412. The summed E-state index contributed by atoms with van der Waals surface area (Å²) in [5, 5.41) is -0.230. The van der Waals surface area contributed by atoms with Crippen molar-refractivity contribution in [3.63, 3.8) is 0 Å². The second kappa shape index (κ2) is 7.83. The van der Waals surface area contributed by atoms with Crippen LogP contribution in [-0.4, -0.2) is 60.5 Å². The zero-order chi connectivity index (χ0) is 16.9. The molecule has 0 atom stereocenters. The quantitative estimate of drug-likeness (QED) is 0.762. The molecule has 3 rings (SSSR count). The Kier molecular flexibility index (Phi) is 5.55. The van der Waals surface area contributed by atoms with E-state index in [2.05, 4.69) is 4.90 Å². The molecule has 1 aromatic rings. The Morgan fingerprint density at radius 2 is 2.00 bits per heavy atom. The van der Waals surface area contributed by atoms with Crippen molar-refractivity contribution in [1.29, 1.82) is 0 Å². The van der Waals surface area contributed by atoms with E-state index in [0.717, 1.165) is 30.4 Å². The highest BCUT2D eigenvalue weighted by Gasteiger charge is 2.36. The van der Waals surface area contributed by atoms with Crippen LogP contribution in [0.15, 0.2) is 29.2 Å². The molecule has 0 aliphatic carbocycles. The molecule has 0 aromatic heterocycles. The third kappa shape index (κ3) is 3.80. The van der Waals surface area contributed by atoms with Crippen molar-refractivity contribution in [2.45, 2.75) is 6.92 Å². The second-order valence-corrected chi connectivity index (χ2v) is 6.45. The smallest absolute Gasteiger partial charge is 0.294 e. The summed E-state index contributed by atoms with van der Waals surface area (Å²) in [4.78, 5) is 28.6. The van der Waals surface area contributed by atoms with E-state index in [-0.39, 0.29) is 11.1 Å². The third-order valence-electron chi connectivity index (χ3n) is 3.82. The highest BCUT2D eigenvalue weighted by Crippen LogP contribution is 2.34. The first kappa shape index (κ1) is 17.0. The molecule has 0 N–H and O–H groups in total. The predicted molar refractivity (Wildman–Crippen MR) is 92.7 cm³/mol. The molecule has 128 valence electrons. The summed E-state index contributed by atoms with van der Waals surface area (Å²) in [6, 6.07) is 7.49. The summed E-state index contributed by atoms with van der Waals surface area (Å²) >= 11 is 0.977. The molecule has 1 aromatic carbocycles. The highest BCUT2D eigenvalue weighted by atomic mass is 32.2. The summed E-state index contributed by atoms with van der Waals surface area (Å²) in [6.45, 7) is 5.50.